The number of ether oxygens (including phenoxy) is 4. The predicted molar refractivity (Wildman–Crippen MR) is 162 cm³/mol. The van der Waals surface area contributed by atoms with Crippen molar-refractivity contribution in [1.82, 2.24) is 0 Å². The lowest BCUT2D eigenvalue weighted by atomic mass is 9.72. The van der Waals surface area contributed by atoms with E-state index in [1.807, 2.05) is 49.4 Å². The summed E-state index contributed by atoms with van der Waals surface area (Å²) in [7, 11) is 0. The second-order valence-corrected chi connectivity index (χ2v) is 11.4. The lowest BCUT2D eigenvalue weighted by Crippen LogP contribution is -2.57. The molecule has 0 N–H and O–H groups in total. The van der Waals surface area contributed by atoms with Gasteiger partial charge >= 0.3 is 0 Å². The van der Waals surface area contributed by atoms with E-state index in [1.54, 1.807) is 0 Å². The molecule has 0 radical (unpaired) electrons. The number of rotatable bonds is 11. The van der Waals surface area contributed by atoms with Gasteiger partial charge in [0, 0.05) is 10.9 Å². The number of halogens is 1. The van der Waals surface area contributed by atoms with Crippen molar-refractivity contribution in [3.8, 4) is 5.75 Å². The molecular weight excluding hydrogens is 532 g/mol. The summed E-state index contributed by atoms with van der Waals surface area (Å²) < 4.78 is 25.8. The second kappa shape index (κ2) is 13.2. The van der Waals surface area contributed by atoms with E-state index in [-0.39, 0.29) is 24.4 Å². The molecule has 1 aliphatic heterocycles. The zero-order chi connectivity index (χ0) is 28.0. The Balaban J connectivity index is 1.27. The number of benzene rings is 4. The van der Waals surface area contributed by atoms with Crippen LogP contribution in [0.25, 0.3) is 0 Å². The van der Waals surface area contributed by atoms with E-state index in [1.165, 1.54) is 5.56 Å². The molecule has 1 saturated heterocycles. The van der Waals surface area contributed by atoms with Crippen molar-refractivity contribution in [2.24, 2.45) is 5.92 Å². The van der Waals surface area contributed by atoms with Crippen molar-refractivity contribution in [3.05, 3.63) is 136 Å². The molecule has 4 aromatic carbocycles. The highest BCUT2D eigenvalue weighted by Crippen LogP contribution is 2.48. The van der Waals surface area contributed by atoms with Crippen molar-refractivity contribution in [1.29, 1.82) is 0 Å². The van der Waals surface area contributed by atoms with Gasteiger partial charge in [-0.15, -0.1) is 0 Å². The van der Waals surface area contributed by atoms with Gasteiger partial charge in [0.25, 0.3) is 0 Å². The molecule has 5 atom stereocenters. The van der Waals surface area contributed by atoms with Gasteiger partial charge in [0.2, 0.25) is 0 Å². The Hall–Kier alpha value is -3.15. The number of hydrogen-bond donors (Lipinski definition) is 0. The lowest BCUT2D eigenvalue weighted by molar-refractivity contribution is -0.263. The number of fused-ring (bicyclic) bond motifs is 1. The quantitative estimate of drug-likeness (QED) is 0.182. The van der Waals surface area contributed by atoms with E-state index in [9.17, 15) is 0 Å². The van der Waals surface area contributed by atoms with E-state index in [4.69, 9.17) is 30.5 Å². The average molecular weight is 569 g/mol. The molecule has 1 unspecified atom stereocenters. The van der Waals surface area contributed by atoms with Gasteiger partial charge in [-0.3, -0.25) is 0 Å². The molecule has 41 heavy (non-hydrogen) atoms. The van der Waals surface area contributed by atoms with Crippen LogP contribution in [0.15, 0.2) is 103 Å². The highest BCUT2D eigenvalue weighted by atomic mass is 35.5. The maximum Gasteiger partial charge on any atom is 0.119 e. The monoisotopic (exact) mass is 568 g/mol. The van der Waals surface area contributed by atoms with Crippen LogP contribution >= 0.6 is 11.6 Å². The summed E-state index contributed by atoms with van der Waals surface area (Å²) in [5.74, 6) is 1.20. The van der Waals surface area contributed by atoms with Gasteiger partial charge in [-0.2, -0.15) is 0 Å². The fourth-order valence-corrected chi connectivity index (χ4v) is 6.11. The van der Waals surface area contributed by atoms with Crippen LogP contribution in [0.5, 0.6) is 5.75 Å². The Labute approximate surface area is 248 Å². The maximum absolute atomic E-state index is 6.78. The first-order chi connectivity index (χ1) is 20.2. The van der Waals surface area contributed by atoms with Crippen LogP contribution in [0.4, 0.5) is 0 Å². The lowest BCUT2D eigenvalue weighted by Gasteiger charge is -2.52. The van der Waals surface area contributed by atoms with E-state index < -0.39 is 0 Å². The molecule has 2 aliphatic rings. The second-order valence-electron chi connectivity index (χ2n) is 11.0. The largest absolute Gasteiger partial charge is 0.494 e. The van der Waals surface area contributed by atoms with Crippen molar-refractivity contribution in [2.45, 2.75) is 63.8 Å². The standard InChI is InChI=1S/C36H37ClO4/c1-2-38-30-16-13-25(14-17-30)21-29-22-28(15-19-32(29)37)34-36(40-24-27-11-7-4-8-12-27)35(31-18-20-33(31)41-34)39-23-26-9-5-3-6-10-26/h3-17,19,22,31,33-36H,2,18,20-21,23-24H2,1H3/t31-,33+,34?,35+,36+/m1/s1. The maximum atomic E-state index is 6.78. The molecule has 0 aromatic heterocycles. The number of hydrogen-bond acceptors (Lipinski definition) is 4. The Kier molecular flexibility index (Phi) is 9.03. The first-order valence-electron chi connectivity index (χ1n) is 14.6. The molecule has 2 fully saturated rings. The van der Waals surface area contributed by atoms with Gasteiger partial charge < -0.3 is 18.9 Å². The van der Waals surface area contributed by atoms with Gasteiger partial charge in [-0.05, 0) is 72.2 Å². The Morgan fingerprint density at radius 3 is 2.00 bits per heavy atom. The molecule has 0 amide bonds. The molecule has 4 aromatic rings. The molecule has 0 spiro atoms. The third kappa shape index (κ3) is 6.68. The molecule has 0 bridgehead atoms. The summed E-state index contributed by atoms with van der Waals surface area (Å²) >= 11 is 6.73. The minimum atomic E-state index is -0.252. The smallest absolute Gasteiger partial charge is 0.119 e. The topological polar surface area (TPSA) is 36.9 Å². The normalized spacial score (nSPS) is 23.4. The molecule has 1 heterocycles. The third-order valence-electron chi connectivity index (χ3n) is 8.23. The third-order valence-corrected chi connectivity index (χ3v) is 8.59. The molecule has 1 saturated carbocycles. The van der Waals surface area contributed by atoms with Crippen LogP contribution in [0.1, 0.15) is 53.7 Å². The van der Waals surface area contributed by atoms with E-state index >= 15 is 0 Å². The Morgan fingerprint density at radius 1 is 0.732 bits per heavy atom. The SMILES string of the molecule is CCOc1ccc(Cc2cc(C3O[C@H]4CC[C@H]4[C@H](OCc4ccccc4)[C@H]3OCc3ccccc3)ccc2Cl)cc1. The van der Waals surface area contributed by atoms with Crippen LogP contribution in [0, 0.1) is 5.92 Å². The first-order valence-corrected chi connectivity index (χ1v) is 15.0. The minimum absolute atomic E-state index is 0.0679. The van der Waals surface area contributed by atoms with Crippen molar-refractivity contribution in [2.75, 3.05) is 6.61 Å². The van der Waals surface area contributed by atoms with Crippen molar-refractivity contribution < 1.29 is 18.9 Å². The van der Waals surface area contributed by atoms with Crippen LogP contribution in [-0.2, 0) is 33.8 Å². The van der Waals surface area contributed by atoms with Crippen LogP contribution in [0.2, 0.25) is 5.02 Å². The van der Waals surface area contributed by atoms with Gasteiger partial charge in [0.15, 0.2) is 0 Å². The van der Waals surface area contributed by atoms with E-state index in [2.05, 4.69) is 60.7 Å². The van der Waals surface area contributed by atoms with E-state index in [0.29, 0.717) is 25.7 Å². The van der Waals surface area contributed by atoms with Crippen LogP contribution < -0.4 is 4.74 Å². The minimum Gasteiger partial charge on any atom is -0.494 e. The fourth-order valence-electron chi connectivity index (χ4n) is 5.92. The Bertz CT molecular complexity index is 1390. The molecule has 212 valence electrons. The van der Waals surface area contributed by atoms with Gasteiger partial charge in [-0.25, -0.2) is 0 Å². The Morgan fingerprint density at radius 2 is 1.39 bits per heavy atom. The van der Waals surface area contributed by atoms with Crippen LogP contribution in [0.3, 0.4) is 0 Å². The predicted octanol–water partition coefficient (Wildman–Crippen LogP) is 8.35. The summed E-state index contributed by atoms with van der Waals surface area (Å²) in [5, 5.41) is 0.749. The highest BCUT2D eigenvalue weighted by molar-refractivity contribution is 6.31. The summed E-state index contributed by atoms with van der Waals surface area (Å²) in [6.07, 6.45) is 2.46. The van der Waals surface area contributed by atoms with E-state index in [0.717, 1.165) is 52.3 Å². The first kappa shape index (κ1) is 28.0. The molecule has 6 rings (SSSR count). The van der Waals surface area contributed by atoms with Gasteiger partial charge in [0.05, 0.1) is 32.0 Å². The summed E-state index contributed by atoms with van der Waals surface area (Å²) in [5.41, 5.74) is 5.62. The zero-order valence-electron chi connectivity index (χ0n) is 23.5. The summed E-state index contributed by atoms with van der Waals surface area (Å²) in [6, 6.07) is 35.2. The molecule has 1 aliphatic carbocycles. The van der Waals surface area contributed by atoms with Crippen LogP contribution in [-0.4, -0.2) is 24.9 Å². The van der Waals surface area contributed by atoms with Crippen molar-refractivity contribution in [3.63, 3.8) is 0 Å². The summed E-state index contributed by atoms with van der Waals surface area (Å²) in [4.78, 5) is 0. The fraction of sp³-hybridized carbons (Fsp3) is 0.333. The summed E-state index contributed by atoms with van der Waals surface area (Å²) in [6.45, 7) is 3.70. The molecule has 5 heteroatoms. The van der Waals surface area contributed by atoms with Gasteiger partial charge in [0.1, 0.15) is 18.0 Å². The average Bonchev–Trinajstić information content (AvgIpc) is 2.99. The molecule has 4 nitrogen and oxygen atoms in total. The zero-order valence-corrected chi connectivity index (χ0v) is 24.2. The van der Waals surface area contributed by atoms with Crippen molar-refractivity contribution >= 4 is 11.6 Å². The van der Waals surface area contributed by atoms with Gasteiger partial charge in [-0.1, -0.05) is 96.5 Å². The highest BCUT2D eigenvalue weighted by Gasteiger charge is 2.51. The molecular formula is C36H37ClO4.